The van der Waals surface area contributed by atoms with Crippen molar-refractivity contribution in [1.29, 1.82) is 0 Å². The van der Waals surface area contributed by atoms with Crippen LogP contribution >= 0.6 is 11.6 Å². The first-order valence-electron chi connectivity index (χ1n) is 21.6. The molecule has 0 spiro atoms. The summed E-state index contributed by atoms with van der Waals surface area (Å²) < 4.78 is 17.4. The predicted octanol–water partition coefficient (Wildman–Crippen LogP) is 6.01. The number of hydrogen-bond donors (Lipinski definition) is 2. The van der Waals surface area contributed by atoms with Crippen molar-refractivity contribution in [3.63, 3.8) is 0 Å². The number of alkyl halides is 1. The normalized spacial score (nSPS) is 17.0. The van der Waals surface area contributed by atoms with Crippen LogP contribution in [0.4, 0.5) is 5.69 Å². The van der Waals surface area contributed by atoms with E-state index in [2.05, 4.69) is 76.2 Å². The molecule has 1 atom stereocenters. The first-order chi connectivity index (χ1) is 30.8. The molecule has 7 rings (SSSR count). The van der Waals surface area contributed by atoms with E-state index in [4.69, 9.17) is 25.8 Å². The van der Waals surface area contributed by atoms with Crippen molar-refractivity contribution < 1.29 is 38.2 Å². The highest BCUT2D eigenvalue weighted by Crippen LogP contribution is 2.36. The Hall–Kier alpha value is -5.86. The highest BCUT2D eigenvalue weighted by molar-refractivity contribution is 6.18. The van der Waals surface area contributed by atoms with E-state index in [-0.39, 0.29) is 75.7 Å². The van der Waals surface area contributed by atoms with Crippen molar-refractivity contribution >= 4 is 58.0 Å². The van der Waals surface area contributed by atoms with Gasteiger partial charge in [-0.05, 0) is 64.9 Å². The van der Waals surface area contributed by atoms with Gasteiger partial charge in [-0.3, -0.25) is 34.2 Å². The minimum atomic E-state index is -0.731. The molecule has 3 heterocycles. The number of ether oxygens (including phenoxy) is 3. The van der Waals surface area contributed by atoms with Crippen LogP contribution in [0.3, 0.4) is 0 Å². The molecule has 1 unspecified atom stereocenters. The van der Waals surface area contributed by atoms with E-state index in [9.17, 15) is 24.0 Å². The first-order valence-corrected chi connectivity index (χ1v) is 22.2. The Bertz CT molecular complexity index is 2250. The highest BCUT2D eigenvalue weighted by Gasteiger charge is 2.40. The fourth-order valence-corrected chi connectivity index (χ4v) is 8.41. The molecule has 3 aliphatic heterocycles. The van der Waals surface area contributed by atoms with Gasteiger partial charge in [0.1, 0.15) is 18.4 Å². The Morgan fingerprint density at radius 3 is 2.06 bits per heavy atom. The lowest BCUT2D eigenvalue weighted by atomic mass is 9.88. The number of allylic oxidation sites excluding steroid dienone is 1. The van der Waals surface area contributed by atoms with Gasteiger partial charge in [0.05, 0.1) is 39.3 Å². The van der Waals surface area contributed by atoms with Crippen LogP contribution in [0, 0.1) is 0 Å². The van der Waals surface area contributed by atoms with E-state index in [0.29, 0.717) is 49.0 Å². The van der Waals surface area contributed by atoms with Gasteiger partial charge >= 0.3 is 0 Å². The quantitative estimate of drug-likeness (QED) is 0.0472. The topological polar surface area (TPSA) is 147 Å². The highest BCUT2D eigenvalue weighted by atomic mass is 35.5. The monoisotopic (exact) mass is 875 g/mol. The molecule has 0 bridgehead atoms. The molecule has 3 aliphatic rings. The van der Waals surface area contributed by atoms with E-state index in [1.165, 1.54) is 10.5 Å². The molecule has 2 N–H and O–H groups in total. The van der Waals surface area contributed by atoms with Crippen molar-refractivity contribution in [2.75, 3.05) is 77.0 Å². The molecule has 14 heteroatoms. The molecule has 63 heavy (non-hydrogen) atoms. The van der Waals surface area contributed by atoms with Gasteiger partial charge in [-0.2, -0.15) is 0 Å². The fraction of sp³-hybridized carbons (Fsp3) is 0.367. The minimum absolute atomic E-state index is 0.0586. The van der Waals surface area contributed by atoms with Gasteiger partial charge in [0.25, 0.3) is 5.91 Å². The number of hydrogen-bond acceptors (Lipinski definition) is 9. The number of fused-ring (bicyclic) bond motifs is 1. The van der Waals surface area contributed by atoms with Crippen LogP contribution in [-0.4, -0.2) is 122 Å². The Kier molecular flexibility index (Phi) is 16.1. The molecule has 2 fully saturated rings. The van der Waals surface area contributed by atoms with E-state index in [1.807, 2.05) is 29.2 Å². The molecule has 0 aliphatic carbocycles. The minimum Gasteiger partial charge on any atom is -0.492 e. The molecule has 330 valence electrons. The molecule has 2 saturated heterocycles. The largest absolute Gasteiger partial charge is 0.492 e. The maximum Gasteiger partial charge on any atom is 0.255 e. The Balaban J connectivity index is 0.755. The molecule has 4 aromatic carbocycles. The summed E-state index contributed by atoms with van der Waals surface area (Å²) in [4.78, 5) is 68.2. The van der Waals surface area contributed by atoms with Gasteiger partial charge in [0.2, 0.25) is 23.6 Å². The summed E-state index contributed by atoms with van der Waals surface area (Å²) in [5, 5.41) is 5.15. The number of nitrogens with zero attached hydrogens (tertiary/aromatic N) is 3. The maximum absolute atomic E-state index is 13.1. The van der Waals surface area contributed by atoms with Crippen molar-refractivity contribution in [2.24, 2.45) is 0 Å². The second-order valence-corrected chi connectivity index (χ2v) is 16.0. The van der Waals surface area contributed by atoms with Crippen LogP contribution in [0.15, 0.2) is 103 Å². The van der Waals surface area contributed by atoms with Crippen LogP contribution in [0.1, 0.15) is 64.7 Å². The van der Waals surface area contributed by atoms with Crippen molar-refractivity contribution in [3.05, 3.63) is 131 Å². The van der Waals surface area contributed by atoms with Crippen LogP contribution in [-0.2, 0) is 35.2 Å². The third kappa shape index (κ3) is 12.0. The lowest BCUT2D eigenvalue weighted by Gasteiger charge is -2.34. The number of piperazine rings is 1. The molecule has 0 saturated carbocycles. The van der Waals surface area contributed by atoms with Gasteiger partial charge in [-0.15, -0.1) is 11.6 Å². The first kappa shape index (κ1) is 45.2. The smallest absolute Gasteiger partial charge is 0.255 e. The van der Waals surface area contributed by atoms with Gasteiger partial charge in [-0.1, -0.05) is 78.9 Å². The van der Waals surface area contributed by atoms with E-state index in [1.54, 1.807) is 18.2 Å². The van der Waals surface area contributed by atoms with Crippen LogP contribution in [0.2, 0.25) is 0 Å². The van der Waals surface area contributed by atoms with E-state index < -0.39 is 11.9 Å². The van der Waals surface area contributed by atoms with Crippen LogP contribution in [0.5, 0.6) is 5.75 Å². The van der Waals surface area contributed by atoms with Crippen molar-refractivity contribution in [2.45, 2.75) is 44.7 Å². The Morgan fingerprint density at radius 2 is 1.38 bits per heavy atom. The van der Waals surface area contributed by atoms with Crippen molar-refractivity contribution in [1.82, 2.24) is 20.0 Å². The molecule has 0 aromatic heterocycles. The summed E-state index contributed by atoms with van der Waals surface area (Å²) in [6.45, 7) is 5.35. The van der Waals surface area contributed by atoms with Gasteiger partial charge < -0.3 is 29.3 Å². The molecular formula is C49H54ClN5O8. The number of benzene rings is 4. The zero-order chi connectivity index (χ0) is 44.0. The van der Waals surface area contributed by atoms with Crippen LogP contribution < -0.4 is 15.4 Å². The third-order valence-corrected chi connectivity index (χ3v) is 11.7. The summed E-state index contributed by atoms with van der Waals surface area (Å²) in [7, 11) is 0. The number of carbonyl (C=O) groups is 5. The zero-order valence-corrected chi connectivity index (χ0v) is 36.2. The molecule has 13 nitrogen and oxygen atoms in total. The predicted molar refractivity (Wildman–Crippen MR) is 241 cm³/mol. The van der Waals surface area contributed by atoms with Gasteiger partial charge in [-0.25, -0.2) is 0 Å². The second kappa shape index (κ2) is 22.5. The summed E-state index contributed by atoms with van der Waals surface area (Å²) in [6.07, 6.45) is 1.55. The van der Waals surface area contributed by atoms with Gasteiger partial charge in [0.15, 0.2) is 0 Å². The standard InChI is InChI=1S/C49H54ClN5O8/c50-23-20-39(35-8-3-1-4-9-35)47(36-10-5-2-6-11-36)37-14-16-38(17-15-37)63-31-28-53-24-26-54(27-25-53)46(58)22-30-62-33-32-61-29-21-45(57)51-42-13-7-12-40-41(42)34-55(49(40)60)43-18-19-44(56)52-48(43)59/h1-17,43H,18-34H2,(H,51,57)(H,52,56,59). The summed E-state index contributed by atoms with van der Waals surface area (Å²) in [6, 6.07) is 33.4. The summed E-state index contributed by atoms with van der Waals surface area (Å²) in [5.74, 6) is -0.0228. The number of piperidine rings is 1. The maximum atomic E-state index is 13.1. The average Bonchev–Trinajstić information content (AvgIpc) is 3.64. The molecule has 0 radical (unpaired) electrons. The lowest BCUT2D eigenvalue weighted by molar-refractivity contribution is -0.137. The number of nitrogens with one attached hydrogen (secondary N) is 2. The SMILES string of the molecule is O=C1CCC(N2Cc3c(NC(=O)CCOCCOCCC(=O)N4CCN(CCOc5ccc(C(=C(CCCl)c6ccccc6)c6ccccc6)cc5)CC4)cccc3C2=O)C(=O)N1. The Morgan fingerprint density at radius 1 is 0.714 bits per heavy atom. The number of carbonyl (C=O) groups excluding carboxylic acids is 5. The number of amides is 5. The van der Waals surface area contributed by atoms with Crippen LogP contribution in [0.25, 0.3) is 11.1 Å². The molecule has 5 amide bonds. The lowest BCUT2D eigenvalue weighted by Crippen LogP contribution is -2.52. The van der Waals surface area contributed by atoms with E-state index in [0.717, 1.165) is 54.1 Å². The van der Waals surface area contributed by atoms with E-state index >= 15 is 0 Å². The fourth-order valence-electron chi connectivity index (χ4n) is 8.22. The molecular weight excluding hydrogens is 822 g/mol. The van der Waals surface area contributed by atoms with Gasteiger partial charge in [0, 0.05) is 68.4 Å². The Labute approximate surface area is 373 Å². The average molecular weight is 876 g/mol. The second-order valence-electron chi connectivity index (χ2n) is 15.6. The summed E-state index contributed by atoms with van der Waals surface area (Å²) in [5.41, 5.74) is 7.34. The molecule has 4 aromatic rings. The number of anilines is 1. The number of imide groups is 1. The number of halogens is 1. The third-order valence-electron chi connectivity index (χ3n) is 11.5. The zero-order valence-electron chi connectivity index (χ0n) is 35.4. The number of rotatable bonds is 20. The summed E-state index contributed by atoms with van der Waals surface area (Å²) >= 11 is 6.32. The van der Waals surface area contributed by atoms with Crippen molar-refractivity contribution in [3.8, 4) is 5.75 Å².